The molecule has 3 aliphatic rings. The molecule has 2 fully saturated rings. The van der Waals surface area contributed by atoms with Gasteiger partial charge in [-0.2, -0.15) is 0 Å². The average Bonchev–Trinajstić information content (AvgIpc) is 3.09. The lowest BCUT2D eigenvalue weighted by Gasteiger charge is -2.61. The zero-order chi connectivity index (χ0) is 42.3. The number of ether oxygens (including phenoxy) is 4. The number of aliphatic hydroxyl groups excluding tert-OH is 2. The minimum absolute atomic E-state index is 0.0832. The summed E-state index contributed by atoms with van der Waals surface area (Å²) in [4.78, 5) is 82.3. The second-order valence-electron chi connectivity index (χ2n) is 17.3. The van der Waals surface area contributed by atoms with Crippen LogP contribution in [0, 0.1) is 34.4 Å². The SMILES string of the molecule is CC(=O)O[C@@]1(C2C(C)C(=O)C(=O)C3=C(C)[C@@H](OC(=O)[C@H](O)[C@H](CC(C)C)NC(=O)C(C)(C)C)C[C@@](O)([C@H]2OC(=O)c2cccc(F)c2)C3(C)C)COC1CCO. The summed E-state index contributed by atoms with van der Waals surface area (Å²) >= 11 is 0. The van der Waals surface area contributed by atoms with Gasteiger partial charge in [-0.3, -0.25) is 19.2 Å². The molecule has 1 heterocycles. The third kappa shape index (κ3) is 8.32. The van der Waals surface area contributed by atoms with Crippen molar-refractivity contribution >= 4 is 35.4 Å². The first kappa shape index (κ1) is 44.7. The fourth-order valence-electron chi connectivity index (χ4n) is 8.41. The largest absolute Gasteiger partial charge is 0.456 e. The van der Waals surface area contributed by atoms with Crippen LogP contribution < -0.4 is 5.32 Å². The number of Topliss-reactive ketones (excluding diaryl/α,β-unsaturated/α-hetero) is 2. The van der Waals surface area contributed by atoms with Gasteiger partial charge in [0.2, 0.25) is 17.5 Å². The highest BCUT2D eigenvalue weighted by Crippen LogP contribution is 2.58. The van der Waals surface area contributed by atoms with Crippen molar-refractivity contribution in [3.63, 3.8) is 0 Å². The molecule has 1 amide bonds. The average molecular weight is 790 g/mol. The maximum absolute atomic E-state index is 14.4. The van der Waals surface area contributed by atoms with E-state index in [1.807, 2.05) is 13.8 Å². The molecule has 1 saturated carbocycles. The first-order chi connectivity index (χ1) is 25.8. The summed E-state index contributed by atoms with van der Waals surface area (Å²) in [6.45, 7) is 14.7. The molecule has 14 nitrogen and oxygen atoms in total. The Bertz CT molecular complexity index is 1760. The van der Waals surface area contributed by atoms with Gasteiger partial charge < -0.3 is 39.6 Å². The van der Waals surface area contributed by atoms with Gasteiger partial charge in [0.15, 0.2) is 11.7 Å². The van der Waals surface area contributed by atoms with Crippen LogP contribution in [-0.2, 0) is 42.9 Å². The summed E-state index contributed by atoms with van der Waals surface area (Å²) in [6.07, 6.45) is -6.83. The molecule has 2 aliphatic carbocycles. The number of carbonyl (C=O) groups is 6. The van der Waals surface area contributed by atoms with Gasteiger partial charge in [0, 0.05) is 48.7 Å². The number of esters is 3. The smallest absolute Gasteiger partial charge is 0.338 e. The monoisotopic (exact) mass is 789 g/mol. The van der Waals surface area contributed by atoms with E-state index in [0.29, 0.717) is 0 Å². The van der Waals surface area contributed by atoms with Crippen molar-refractivity contribution < 1.29 is 67.4 Å². The van der Waals surface area contributed by atoms with Crippen molar-refractivity contribution in [3.8, 4) is 0 Å². The zero-order valence-electron chi connectivity index (χ0n) is 33.8. The van der Waals surface area contributed by atoms with Crippen molar-refractivity contribution in [2.24, 2.45) is 28.6 Å². The first-order valence-electron chi connectivity index (χ1n) is 18.9. The standard InChI is InChI=1S/C41H56FNO13/c1-20(2)16-26(43-37(51)38(6,7)8)32(47)36(50)54-27-18-41(52)34(55-35(49)24-12-11-13-25(42)17-24)30(40(56-23(5)45)19-53-28(40)14-15-44)22(4)31(46)33(48)29(21(27)3)39(41,9)10/h11-13,17,20,22,26-28,30,32,34,44,47,52H,14-16,18-19H2,1-10H3,(H,43,51)/t22?,26-,27-,28?,30?,32+,34-,40-,41+/m0/s1. The maximum atomic E-state index is 14.4. The quantitative estimate of drug-likeness (QED) is 0.136. The number of rotatable bonds is 12. The van der Waals surface area contributed by atoms with Crippen LogP contribution in [0.25, 0.3) is 0 Å². The molecule has 9 atom stereocenters. The number of hydrogen-bond donors (Lipinski definition) is 4. The Morgan fingerprint density at radius 2 is 1.75 bits per heavy atom. The Morgan fingerprint density at radius 1 is 1.11 bits per heavy atom. The van der Waals surface area contributed by atoms with E-state index in [9.17, 15) is 48.5 Å². The molecule has 1 aromatic carbocycles. The number of benzene rings is 1. The molecule has 15 heteroatoms. The minimum atomic E-state index is -2.42. The van der Waals surface area contributed by atoms with Crippen LogP contribution in [0.15, 0.2) is 35.4 Å². The van der Waals surface area contributed by atoms with Crippen molar-refractivity contribution in [2.75, 3.05) is 13.2 Å². The molecular formula is C41H56FNO13. The third-order valence-corrected chi connectivity index (χ3v) is 11.5. The fraction of sp³-hybridized carbons (Fsp3) is 0.659. The van der Waals surface area contributed by atoms with E-state index >= 15 is 0 Å². The highest BCUT2D eigenvalue weighted by atomic mass is 19.1. The number of halogens is 1. The Morgan fingerprint density at radius 3 is 2.27 bits per heavy atom. The molecule has 1 saturated heterocycles. The first-order valence-corrected chi connectivity index (χ1v) is 18.9. The second kappa shape index (κ2) is 16.4. The third-order valence-electron chi connectivity index (χ3n) is 11.5. The van der Waals surface area contributed by atoms with Crippen LogP contribution in [0.5, 0.6) is 0 Å². The van der Waals surface area contributed by atoms with Crippen molar-refractivity contribution in [1.82, 2.24) is 5.32 Å². The number of ketones is 2. The molecule has 1 aliphatic heterocycles. The normalized spacial score (nSPS) is 30.0. The summed E-state index contributed by atoms with van der Waals surface area (Å²) in [5.41, 5.74) is -7.25. The predicted molar refractivity (Wildman–Crippen MR) is 197 cm³/mol. The molecule has 4 rings (SSSR count). The minimum Gasteiger partial charge on any atom is -0.456 e. The fourth-order valence-corrected chi connectivity index (χ4v) is 8.41. The van der Waals surface area contributed by atoms with Crippen LogP contribution in [-0.4, -0.2) is 106 Å². The highest BCUT2D eigenvalue weighted by molar-refractivity contribution is 6.44. The Kier molecular flexibility index (Phi) is 13.1. The number of aliphatic hydroxyl groups is 3. The summed E-state index contributed by atoms with van der Waals surface area (Å²) in [7, 11) is 0. The van der Waals surface area contributed by atoms with E-state index in [4.69, 9.17) is 18.9 Å². The summed E-state index contributed by atoms with van der Waals surface area (Å²) < 4.78 is 38.1. The van der Waals surface area contributed by atoms with E-state index in [1.54, 1.807) is 20.8 Å². The van der Waals surface area contributed by atoms with Crippen LogP contribution in [0.1, 0.15) is 98.9 Å². The topological polar surface area (TPSA) is 212 Å². The van der Waals surface area contributed by atoms with Crippen molar-refractivity contribution in [3.05, 3.63) is 46.8 Å². The van der Waals surface area contributed by atoms with E-state index in [0.717, 1.165) is 19.1 Å². The van der Waals surface area contributed by atoms with Gasteiger partial charge in [0.05, 0.1) is 24.1 Å². The summed E-state index contributed by atoms with van der Waals surface area (Å²) in [6, 6.07) is 3.46. The van der Waals surface area contributed by atoms with Crippen LogP contribution in [0.4, 0.5) is 4.39 Å². The van der Waals surface area contributed by atoms with Gasteiger partial charge in [-0.15, -0.1) is 0 Å². The van der Waals surface area contributed by atoms with E-state index in [1.165, 1.54) is 39.8 Å². The van der Waals surface area contributed by atoms with E-state index in [2.05, 4.69) is 5.32 Å². The summed E-state index contributed by atoms with van der Waals surface area (Å²) in [5.74, 6) is -9.41. The lowest BCUT2D eigenvalue weighted by atomic mass is 9.51. The zero-order valence-corrected chi connectivity index (χ0v) is 33.8. The van der Waals surface area contributed by atoms with Gasteiger partial charge in [-0.1, -0.05) is 61.5 Å². The number of fused-ring (bicyclic) bond motifs is 2. The summed E-state index contributed by atoms with van der Waals surface area (Å²) in [5, 5.41) is 37.3. The van der Waals surface area contributed by atoms with Crippen LogP contribution >= 0.6 is 0 Å². The molecule has 3 unspecified atom stereocenters. The Labute approximate surface area is 326 Å². The van der Waals surface area contributed by atoms with E-state index < -0.39 is 119 Å². The number of nitrogens with one attached hydrogen (secondary N) is 1. The van der Waals surface area contributed by atoms with Gasteiger partial charge in [0.25, 0.3) is 0 Å². The number of amides is 1. The van der Waals surface area contributed by atoms with Crippen molar-refractivity contribution in [1.29, 1.82) is 0 Å². The molecule has 0 aromatic heterocycles. The number of carbonyl (C=O) groups excluding carboxylic acids is 6. The van der Waals surface area contributed by atoms with Crippen LogP contribution in [0.3, 0.4) is 0 Å². The Balaban J connectivity index is 1.92. The maximum Gasteiger partial charge on any atom is 0.338 e. The van der Waals surface area contributed by atoms with Gasteiger partial charge in [-0.05, 0) is 43.0 Å². The lowest BCUT2D eigenvalue weighted by Crippen LogP contribution is -2.75. The van der Waals surface area contributed by atoms with Gasteiger partial charge in [-0.25, -0.2) is 14.0 Å². The molecule has 0 spiro atoms. The predicted octanol–water partition coefficient (Wildman–Crippen LogP) is 3.17. The van der Waals surface area contributed by atoms with Gasteiger partial charge in [0.1, 0.15) is 29.7 Å². The lowest BCUT2D eigenvalue weighted by molar-refractivity contribution is -0.307. The Hall–Kier alpha value is -4.05. The van der Waals surface area contributed by atoms with Crippen LogP contribution in [0.2, 0.25) is 0 Å². The second-order valence-corrected chi connectivity index (χ2v) is 17.3. The molecule has 1 aromatic rings. The number of hydrogen-bond acceptors (Lipinski definition) is 13. The van der Waals surface area contributed by atoms with E-state index in [-0.39, 0.29) is 42.1 Å². The molecule has 310 valence electrons. The highest BCUT2D eigenvalue weighted by Gasteiger charge is 2.71. The molecule has 4 N–H and O–H groups in total. The molecule has 2 bridgehead atoms. The molecular weight excluding hydrogens is 733 g/mol. The van der Waals surface area contributed by atoms with Crippen molar-refractivity contribution in [2.45, 2.75) is 130 Å². The molecule has 0 radical (unpaired) electrons. The molecule has 56 heavy (non-hydrogen) atoms. The van der Waals surface area contributed by atoms with Gasteiger partial charge >= 0.3 is 17.9 Å².